The summed E-state index contributed by atoms with van der Waals surface area (Å²) in [5, 5.41) is 11.7. The molecule has 32 heavy (non-hydrogen) atoms. The number of amides is 1. The number of rotatable bonds is 9. The maximum Gasteiger partial charge on any atom is 0.270 e. The van der Waals surface area contributed by atoms with Gasteiger partial charge in [-0.15, -0.1) is 12.4 Å². The Balaban J connectivity index is 0.00000363. The SMILES string of the molecule is COc1cc2nc(N(CCCN(C)C)C(=O)c3cccc([N+](=O)[O-])c3)sc2cc1OC.Cl. The standard InChI is InChI=1S/C21H24N4O5S.ClH/c1-23(2)9-6-10-24(20(26)14-7-5-8-15(11-14)25(27)28)21-22-16-12-17(29-3)18(30-4)13-19(16)31-21;/h5,7-8,11-13H,6,9-10H2,1-4H3;1H. The molecule has 172 valence electrons. The maximum absolute atomic E-state index is 13.3. The van der Waals surface area contributed by atoms with E-state index in [0.717, 1.165) is 17.7 Å². The van der Waals surface area contributed by atoms with Crippen LogP contribution in [0.15, 0.2) is 36.4 Å². The van der Waals surface area contributed by atoms with Crippen LogP contribution in [-0.2, 0) is 0 Å². The van der Waals surface area contributed by atoms with Crippen molar-refractivity contribution in [2.24, 2.45) is 0 Å². The number of nitrogens with zero attached hydrogens (tertiary/aromatic N) is 4. The van der Waals surface area contributed by atoms with Crippen LogP contribution in [0, 0.1) is 10.1 Å². The summed E-state index contributed by atoms with van der Waals surface area (Å²) in [6, 6.07) is 9.34. The number of nitro benzene ring substituents is 1. The number of benzene rings is 2. The molecule has 1 amide bonds. The number of nitro groups is 1. The average Bonchev–Trinajstić information content (AvgIpc) is 3.17. The van der Waals surface area contributed by atoms with Gasteiger partial charge < -0.3 is 14.4 Å². The van der Waals surface area contributed by atoms with Crippen LogP contribution in [0.1, 0.15) is 16.8 Å². The van der Waals surface area contributed by atoms with E-state index in [1.807, 2.05) is 25.1 Å². The van der Waals surface area contributed by atoms with E-state index < -0.39 is 4.92 Å². The molecule has 0 aliphatic carbocycles. The Hall–Kier alpha value is -2.95. The topological polar surface area (TPSA) is 98.0 Å². The Labute approximate surface area is 196 Å². The summed E-state index contributed by atoms with van der Waals surface area (Å²) >= 11 is 1.36. The Morgan fingerprint density at radius 2 is 1.81 bits per heavy atom. The number of non-ortho nitro benzene ring substituents is 1. The second kappa shape index (κ2) is 11.1. The van der Waals surface area contributed by atoms with Crippen LogP contribution in [0.4, 0.5) is 10.8 Å². The van der Waals surface area contributed by atoms with Gasteiger partial charge in [0.1, 0.15) is 0 Å². The normalized spacial score (nSPS) is 10.7. The van der Waals surface area contributed by atoms with Gasteiger partial charge in [-0.1, -0.05) is 17.4 Å². The molecule has 2 aromatic carbocycles. The minimum Gasteiger partial charge on any atom is -0.493 e. The molecule has 0 aliphatic heterocycles. The van der Waals surface area contributed by atoms with Crippen molar-refractivity contribution in [1.82, 2.24) is 9.88 Å². The van der Waals surface area contributed by atoms with Gasteiger partial charge in [0.05, 0.1) is 29.4 Å². The molecule has 0 saturated carbocycles. The molecule has 0 bridgehead atoms. The Morgan fingerprint density at radius 1 is 1.12 bits per heavy atom. The molecule has 0 N–H and O–H groups in total. The molecule has 0 spiro atoms. The van der Waals surface area contributed by atoms with Crippen molar-refractivity contribution in [3.05, 3.63) is 52.1 Å². The van der Waals surface area contributed by atoms with Crippen LogP contribution in [0.2, 0.25) is 0 Å². The molecule has 0 aliphatic rings. The molecule has 1 aromatic heterocycles. The number of methoxy groups -OCH3 is 2. The molecular formula is C21H25ClN4O5S. The molecule has 0 atom stereocenters. The lowest BCUT2D eigenvalue weighted by Gasteiger charge is -2.21. The van der Waals surface area contributed by atoms with Gasteiger partial charge in [0.2, 0.25) is 0 Å². The predicted molar refractivity (Wildman–Crippen MR) is 128 cm³/mol. The van der Waals surface area contributed by atoms with Crippen LogP contribution in [0.5, 0.6) is 11.5 Å². The maximum atomic E-state index is 13.3. The highest BCUT2D eigenvalue weighted by atomic mass is 35.5. The van der Waals surface area contributed by atoms with Crippen molar-refractivity contribution in [2.45, 2.75) is 6.42 Å². The number of fused-ring (bicyclic) bond motifs is 1. The third-order valence-corrected chi connectivity index (χ3v) is 5.69. The number of aromatic nitrogens is 1. The number of ether oxygens (including phenoxy) is 2. The van der Waals surface area contributed by atoms with Crippen molar-refractivity contribution in [1.29, 1.82) is 0 Å². The van der Waals surface area contributed by atoms with Gasteiger partial charge in [0, 0.05) is 36.4 Å². The van der Waals surface area contributed by atoms with Crippen molar-refractivity contribution in [2.75, 3.05) is 46.3 Å². The number of carbonyl (C=O) groups is 1. The Morgan fingerprint density at radius 3 is 2.44 bits per heavy atom. The Kier molecular flexibility index (Phi) is 8.76. The smallest absolute Gasteiger partial charge is 0.270 e. The summed E-state index contributed by atoms with van der Waals surface area (Å²) in [6.07, 6.45) is 0.718. The highest BCUT2D eigenvalue weighted by Gasteiger charge is 2.23. The van der Waals surface area contributed by atoms with E-state index in [2.05, 4.69) is 4.98 Å². The number of hydrogen-bond donors (Lipinski definition) is 0. The lowest BCUT2D eigenvalue weighted by Crippen LogP contribution is -2.33. The molecule has 0 radical (unpaired) electrons. The van der Waals surface area contributed by atoms with E-state index in [0.29, 0.717) is 28.7 Å². The Bertz CT molecular complexity index is 1060. The highest BCUT2D eigenvalue weighted by Crippen LogP contribution is 2.37. The zero-order valence-corrected chi connectivity index (χ0v) is 19.9. The average molecular weight is 481 g/mol. The summed E-state index contributed by atoms with van der Waals surface area (Å²) < 4.78 is 11.6. The van der Waals surface area contributed by atoms with E-state index in [-0.39, 0.29) is 29.6 Å². The second-order valence-corrected chi connectivity index (χ2v) is 8.10. The minimum absolute atomic E-state index is 0. The first-order valence-electron chi connectivity index (χ1n) is 9.57. The second-order valence-electron chi connectivity index (χ2n) is 7.09. The lowest BCUT2D eigenvalue weighted by molar-refractivity contribution is -0.384. The quantitative estimate of drug-likeness (QED) is 0.333. The van der Waals surface area contributed by atoms with Gasteiger partial charge in [0.25, 0.3) is 11.6 Å². The van der Waals surface area contributed by atoms with Crippen LogP contribution in [0.25, 0.3) is 10.2 Å². The van der Waals surface area contributed by atoms with Gasteiger partial charge in [0.15, 0.2) is 16.6 Å². The van der Waals surface area contributed by atoms with Gasteiger partial charge in [-0.3, -0.25) is 19.8 Å². The first kappa shape index (κ1) is 25.3. The van der Waals surface area contributed by atoms with Crippen LogP contribution in [0.3, 0.4) is 0 Å². The summed E-state index contributed by atoms with van der Waals surface area (Å²) in [4.78, 5) is 32.2. The van der Waals surface area contributed by atoms with E-state index in [9.17, 15) is 14.9 Å². The van der Waals surface area contributed by atoms with E-state index >= 15 is 0 Å². The summed E-state index contributed by atoms with van der Waals surface area (Å²) in [5.41, 5.74) is 0.799. The lowest BCUT2D eigenvalue weighted by atomic mass is 10.1. The number of carbonyl (C=O) groups excluding carboxylic acids is 1. The molecular weight excluding hydrogens is 456 g/mol. The molecule has 0 saturated heterocycles. The molecule has 0 unspecified atom stereocenters. The molecule has 11 heteroatoms. The first-order valence-corrected chi connectivity index (χ1v) is 10.4. The van der Waals surface area contributed by atoms with Crippen LogP contribution in [-0.4, -0.2) is 62.1 Å². The molecule has 1 heterocycles. The van der Waals surface area contributed by atoms with E-state index in [1.54, 1.807) is 31.3 Å². The summed E-state index contributed by atoms with van der Waals surface area (Å²) in [7, 11) is 7.04. The van der Waals surface area contributed by atoms with Crippen molar-refractivity contribution in [3.8, 4) is 11.5 Å². The van der Waals surface area contributed by atoms with Crippen LogP contribution >= 0.6 is 23.7 Å². The fraction of sp³-hybridized carbons (Fsp3) is 0.333. The fourth-order valence-corrected chi connectivity index (χ4v) is 4.10. The minimum atomic E-state index is -0.511. The zero-order chi connectivity index (χ0) is 22.5. The molecule has 3 aromatic rings. The van der Waals surface area contributed by atoms with Crippen molar-refractivity contribution < 1.29 is 19.2 Å². The van der Waals surface area contributed by atoms with Gasteiger partial charge in [-0.25, -0.2) is 4.98 Å². The predicted octanol–water partition coefficient (Wildman–Crippen LogP) is 4.24. The van der Waals surface area contributed by atoms with E-state index in [4.69, 9.17) is 9.47 Å². The first-order chi connectivity index (χ1) is 14.8. The van der Waals surface area contributed by atoms with Crippen LogP contribution < -0.4 is 14.4 Å². The monoisotopic (exact) mass is 480 g/mol. The van der Waals surface area contributed by atoms with Gasteiger partial charge in [-0.2, -0.15) is 0 Å². The van der Waals surface area contributed by atoms with Gasteiger partial charge in [-0.05, 0) is 33.1 Å². The third-order valence-electron chi connectivity index (χ3n) is 4.65. The third kappa shape index (κ3) is 5.64. The van der Waals surface area contributed by atoms with Crippen molar-refractivity contribution in [3.63, 3.8) is 0 Å². The van der Waals surface area contributed by atoms with Crippen molar-refractivity contribution >= 4 is 50.7 Å². The largest absolute Gasteiger partial charge is 0.493 e. The molecule has 3 rings (SSSR count). The number of anilines is 1. The highest BCUT2D eigenvalue weighted by molar-refractivity contribution is 7.22. The van der Waals surface area contributed by atoms with Gasteiger partial charge >= 0.3 is 0 Å². The summed E-state index contributed by atoms with van der Waals surface area (Å²) in [6.45, 7) is 1.21. The van der Waals surface area contributed by atoms with E-state index in [1.165, 1.54) is 29.5 Å². The summed E-state index contributed by atoms with van der Waals surface area (Å²) in [5.74, 6) is 0.797. The fourth-order valence-electron chi connectivity index (χ4n) is 3.10. The zero-order valence-electron chi connectivity index (χ0n) is 18.2. The number of halogens is 1. The number of hydrogen-bond acceptors (Lipinski definition) is 8. The molecule has 9 nitrogen and oxygen atoms in total. The molecule has 0 fully saturated rings. The number of thiazole rings is 1.